The first kappa shape index (κ1) is 31.8. The molecule has 1 aromatic carbocycles. The minimum Gasteiger partial charge on any atom is -0.448 e. The van der Waals surface area contributed by atoms with Crippen LogP contribution in [0.4, 0.5) is 16.2 Å². The number of hydrogen-bond acceptors (Lipinski definition) is 8. The topological polar surface area (TPSA) is 106 Å². The monoisotopic (exact) mass is 622 g/mol. The van der Waals surface area contributed by atoms with E-state index in [1.54, 1.807) is 0 Å². The van der Waals surface area contributed by atoms with Gasteiger partial charge in [-0.1, -0.05) is 6.07 Å². The van der Waals surface area contributed by atoms with Gasteiger partial charge in [0.2, 0.25) is 18.2 Å². The van der Waals surface area contributed by atoms with Crippen LogP contribution in [0.2, 0.25) is 0 Å². The third-order valence-electron chi connectivity index (χ3n) is 11.0. The highest BCUT2D eigenvalue weighted by molar-refractivity contribution is 6.04. The van der Waals surface area contributed by atoms with Crippen molar-refractivity contribution in [1.29, 1.82) is 0 Å². The van der Waals surface area contributed by atoms with Gasteiger partial charge >= 0.3 is 6.09 Å². The van der Waals surface area contributed by atoms with Crippen molar-refractivity contribution in [3.8, 4) is 0 Å². The molecule has 1 aromatic rings. The van der Waals surface area contributed by atoms with Gasteiger partial charge in [-0.25, -0.2) is 4.79 Å². The lowest BCUT2D eigenvalue weighted by molar-refractivity contribution is -0.134. The summed E-state index contributed by atoms with van der Waals surface area (Å²) in [6.45, 7) is 6.43. The number of carbonyl (C=O) groups is 4. The molecule has 3 unspecified atom stereocenters. The van der Waals surface area contributed by atoms with Crippen molar-refractivity contribution >= 4 is 35.7 Å². The van der Waals surface area contributed by atoms with Crippen molar-refractivity contribution < 1.29 is 23.9 Å². The molecular weight excluding hydrogens is 572 g/mol. The van der Waals surface area contributed by atoms with Crippen LogP contribution in [-0.4, -0.2) is 117 Å². The average Bonchev–Trinajstić information content (AvgIpc) is 3.67. The summed E-state index contributed by atoms with van der Waals surface area (Å²) < 4.78 is 5.78. The minimum atomic E-state index is -0.694. The van der Waals surface area contributed by atoms with E-state index in [1.807, 2.05) is 30.0 Å². The van der Waals surface area contributed by atoms with E-state index in [-0.39, 0.29) is 18.4 Å². The van der Waals surface area contributed by atoms with E-state index in [4.69, 9.17) is 4.74 Å². The Morgan fingerprint density at radius 2 is 1.73 bits per heavy atom. The summed E-state index contributed by atoms with van der Waals surface area (Å²) in [6, 6.07) is 6.64. The molecule has 5 aliphatic heterocycles. The smallest absolute Gasteiger partial charge is 0.409 e. The summed E-state index contributed by atoms with van der Waals surface area (Å²) in [7, 11) is 3.89. The van der Waals surface area contributed by atoms with Crippen LogP contribution in [0.1, 0.15) is 75.7 Å². The second kappa shape index (κ2) is 14.1. The number of benzene rings is 1. The molecule has 246 valence electrons. The summed E-state index contributed by atoms with van der Waals surface area (Å²) in [5.74, 6) is 0.315. The van der Waals surface area contributed by atoms with Gasteiger partial charge in [0, 0.05) is 52.2 Å². The molecule has 5 fully saturated rings. The van der Waals surface area contributed by atoms with Crippen LogP contribution >= 0.6 is 0 Å². The molecule has 5 heterocycles. The van der Waals surface area contributed by atoms with Crippen molar-refractivity contribution in [1.82, 2.24) is 20.0 Å². The Hall–Kier alpha value is -3.18. The summed E-state index contributed by atoms with van der Waals surface area (Å²) in [5.41, 5.74) is 2.82. The molecule has 3 atom stereocenters. The number of likely N-dealkylation sites (tertiary alicyclic amines) is 2. The lowest BCUT2D eigenvalue weighted by Crippen LogP contribution is -2.52. The van der Waals surface area contributed by atoms with E-state index in [2.05, 4.69) is 27.2 Å². The number of ether oxygens (including phenoxy) is 1. The first-order chi connectivity index (χ1) is 21.8. The number of nitrogens with one attached hydrogen (secondary N) is 1. The first-order valence-corrected chi connectivity index (χ1v) is 17.1. The normalized spacial score (nSPS) is 26.9. The fourth-order valence-electron chi connectivity index (χ4n) is 8.37. The van der Waals surface area contributed by atoms with E-state index in [9.17, 15) is 19.2 Å². The predicted molar refractivity (Wildman–Crippen MR) is 172 cm³/mol. The number of anilines is 2. The fraction of sp³-hybridized carbons (Fsp3) is 0.706. The molecule has 0 saturated carbocycles. The highest BCUT2D eigenvalue weighted by Crippen LogP contribution is 2.37. The second-order valence-electron chi connectivity index (χ2n) is 14.0. The summed E-state index contributed by atoms with van der Waals surface area (Å²) in [6.07, 6.45) is 10.3. The molecule has 6 rings (SSSR count). The van der Waals surface area contributed by atoms with Gasteiger partial charge in [-0.15, -0.1) is 0 Å². The third-order valence-corrected chi connectivity index (χ3v) is 11.0. The molecule has 45 heavy (non-hydrogen) atoms. The molecular formula is C34H50N6O5. The maximum Gasteiger partial charge on any atom is 0.409 e. The predicted octanol–water partition coefficient (Wildman–Crippen LogP) is 3.18. The van der Waals surface area contributed by atoms with Crippen molar-refractivity contribution in [3.63, 3.8) is 0 Å². The molecule has 5 saturated heterocycles. The molecule has 4 amide bonds. The zero-order valence-electron chi connectivity index (χ0n) is 27.0. The van der Waals surface area contributed by atoms with Crippen molar-refractivity contribution in [2.24, 2.45) is 5.92 Å². The van der Waals surface area contributed by atoms with Crippen LogP contribution in [0.5, 0.6) is 0 Å². The standard InChI is InChI=1S/C34H50N6O5/c1-36(2)31-20-26(5-8-29(31)40(23-41)30-9-10-32(42)35-33(30)43)25-13-16-37(17-14-25)21-24-11-18-38(19-12-24)34(44)45-22-28-7-6-27-4-3-15-39(27)28/h5,8,20,23-25,27-28,30H,3-4,6-7,9-19,21-22H2,1-2H3,(H,35,42,43). The number of piperidine rings is 3. The van der Waals surface area contributed by atoms with Gasteiger partial charge < -0.3 is 24.3 Å². The Bertz CT molecular complexity index is 1240. The quantitative estimate of drug-likeness (QED) is 0.331. The van der Waals surface area contributed by atoms with Crippen molar-refractivity contribution in [2.75, 3.05) is 69.8 Å². The van der Waals surface area contributed by atoms with E-state index in [0.717, 1.165) is 83.1 Å². The molecule has 11 heteroatoms. The number of rotatable bonds is 9. The van der Waals surface area contributed by atoms with Crippen LogP contribution in [0, 0.1) is 5.92 Å². The molecule has 11 nitrogen and oxygen atoms in total. The minimum absolute atomic E-state index is 0.131. The van der Waals surface area contributed by atoms with E-state index >= 15 is 0 Å². The Morgan fingerprint density at radius 1 is 0.956 bits per heavy atom. The van der Waals surface area contributed by atoms with E-state index in [1.165, 1.54) is 29.7 Å². The maximum absolute atomic E-state index is 12.8. The van der Waals surface area contributed by atoms with Gasteiger partial charge in [-0.05, 0) is 107 Å². The van der Waals surface area contributed by atoms with Gasteiger partial charge in [0.05, 0.1) is 11.4 Å². The molecule has 0 radical (unpaired) electrons. The summed E-state index contributed by atoms with van der Waals surface area (Å²) in [5, 5.41) is 2.37. The molecule has 0 bridgehead atoms. The lowest BCUT2D eigenvalue weighted by Gasteiger charge is -2.38. The highest BCUT2D eigenvalue weighted by Gasteiger charge is 2.38. The molecule has 1 N–H and O–H groups in total. The Labute approximate surface area is 267 Å². The van der Waals surface area contributed by atoms with Gasteiger partial charge in [0.25, 0.3) is 0 Å². The number of amides is 4. The van der Waals surface area contributed by atoms with Crippen LogP contribution in [-0.2, 0) is 19.1 Å². The average molecular weight is 623 g/mol. The zero-order chi connectivity index (χ0) is 31.5. The fourth-order valence-corrected chi connectivity index (χ4v) is 8.37. The molecule has 5 aliphatic rings. The largest absolute Gasteiger partial charge is 0.448 e. The number of hydrogen-bond donors (Lipinski definition) is 1. The molecule has 0 aliphatic carbocycles. The third kappa shape index (κ3) is 7.14. The van der Waals surface area contributed by atoms with Gasteiger partial charge in [0.1, 0.15) is 12.6 Å². The second-order valence-corrected chi connectivity index (χ2v) is 14.0. The zero-order valence-corrected chi connectivity index (χ0v) is 27.0. The summed E-state index contributed by atoms with van der Waals surface area (Å²) >= 11 is 0. The number of nitrogens with zero attached hydrogens (tertiary/aromatic N) is 5. The highest BCUT2D eigenvalue weighted by atomic mass is 16.6. The van der Waals surface area contributed by atoms with Crippen molar-refractivity contribution in [2.45, 2.75) is 88.3 Å². The molecule has 0 aromatic heterocycles. The van der Waals surface area contributed by atoms with E-state index in [0.29, 0.717) is 43.0 Å². The van der Waals surface area contributed by atoms with Crippen LogP contribution in [0.15, 0.2) is 18.2 Å². The number of imide groups is 1. The first-order valence-electron chi connectivity index (χ1n) is 17.1. The van der Waals surface area contributed by atoms with Gasteiger partial charge in [-0.3, -0.25) is 24.6 Å². The van der Waals surface area contributed by atoms with Crippen molar-refractivity contribution in [3.05, 3.63) is 23.8 Å². The Morgan fingerprint density at radius 3 is 2.44 bits per heavy atom. The van der Waals surface area contributed by atoms with E-state index < -0.39 is 11.9 Å². The number of fused-ring (bicyclic) bond motifs is 1. The molecule has 0 spiro atoms. The van der Waals surface area contributed by atoms with Crippen LogP contribution < -0.4 is 15.1 Å². The Kier molecular flexibility index (Phi) is 9.94. The maximum atomic E-state index is 12.8. The number of carbonyl (C=O) groups excluding carboxylic acids is 4. The summed E-state index contributed by atoms with van der Waals surface area (Å²) in [4.78, 5) is 59.6. The van der Waals surface area contributed by atoms with Gasteiger partial charge in [-0.2, -0.15) is 0 Å². The van der Waals surface area contributed by atoms with Crippen LogP contribution in [0.25, 0.3) is 0 Å². The van der Waals surface area contributed by atoms with Gasteiger partial charge in [0.15, 0.2) is 0 Å². The van der Waals surface area contributed by atoms with Crippen LogP contribution in [0.3, 0.4) is 0 Å². The lowest BCUT2D eigenvalue weighted by atomic mass is 9.87. The Balaban J connectivity index is 0.963. The SMILES string of the molecule is CN(C)c1cc(C2CCN(CC3CCN(C(=O)OCC4CCC5CCCN54)CC3)CC2)ccc1N(C=O)C1CCC(=O)NC1=O.